The predicted molar refractivity (Wildman–Crippen MR) is 45.4 cm³/mol. The van der Waals surface area contributed by atoms with Crippen LogP contribution in [0, 0.1) is 11.3 Å². The number of hydrogen-bond acceptors (Lipinski definition) is 2. The van der Waals surface area contributed by atoms with Crippen LogP contribution in [-0.2, 0) is 6.42 Å². The van der Waals surface area contributed by atoms with Crippen LogP contribution in [0.2, 0.25) is 0 Å². The van der Waals surface area contributed by atoms with E-state index < -0.39 is 0 Å². The van der Waals surface area contributed by atoms with E-state index in [2.05, 4.69) is 16.3 Å². The van der Waals surface area contributed by atoms with Crippen molar-refractivity contribution in [3.63, 3.8) is 0 Å². The first kappa shape index (κ1) is 6.86. The molecule has 3 heteroatoms. The van der Waals surface area contributed by atoms with E-state index in [4.69, 9.17) is 5.26 Å². The summed E-state index contributed by atoms with van der Waals surface area (Å²) < 4.78 is 0. The second-order valence-electron chi connectivity index (χ2n) is 2.58. The Labute approximate surface area is 69.6 Å². The fourth-order valence-electron chi connectivity index (χ4n) is 1.27. The Balaban J connectivity index is 2.67. The van der Waals surface area contributed by atoms with Crippen molar-refractivity contribution >= 4 is 10.9 Å². The normalized spacial score (nSPS) is 9.92. The number of hydrogen-bond donors (Lipinski definition) is 1. The molecule has 12 heavy (non-hydrogen) atoms. The molecule has 1 aromatic heterocycles. The number of H-pyrrole nitrogens is 1. The molecule has 0 aliphatic carbocycles. The van der Waals surface area contributed by atoms with Crippen molar-refractivity contribution < 1.29 is 0 Å². The van der Waals surface area contributed by atoms with E-state index >= 15 is 0 Å². The van der Waals surface area contributed by atoms with Crippen LogP contribution in [-0.4, -0.2) is 10.2 Å². The van der Waals surface area contributed by atoms with E-state index in [1.54, 1.807) is 6.20 Å². The second kappa shape index (κ2) is 2.67. The molecule has 0 atom stereocenters. The topological polar surface area (TPSA) is 52.5 Å². The number of benzene rings is 1. The van der Waals surface area contributed by atoms with E-state index in [0.29, 0.717) is 6.42 Å². The summed E-state index contributed by atoms with van der Waals surface area (Å²) in [5.41, 5.74) is 2.02. The molecule has 0 aliphatic rings. The number of nitrogens with one attached hydrogen (secondary N) is 1. The predicted octanol–water partition coefficient (Wildman–Crippen LogP) is 1.63. The molecule has 0 fully saturated rings. The number of rotatable bonds is 1. The summed E-state index contributed by atoms with van der Waals surface area (Å²) in [5, 5.41) is 16.3. The lowest BCUT2D eigenvalue weighted by Crippen LogP contribution is -1.81. The molecule has 0 amide bonds. The van der Waals surface area contributed by atoms with Crippen molar-refractivity contribution in [2.45, 2.75) is 6.42 Å². The molecule has 0 saturated carbocycles. The van der Waals surface area contributed by atoms with Crippen LogP contribution in [0.15, 0.2) is 24.4 Å². The lowest BCUT2D eigenvalue weighted by Gasteiger charge is -1.94. The molecular weight excluding hydrogens is 150 g/mol. The largest absolute Gasteiger partial charge is 0.278 e. The molecule has 0 bridgehead atoms. The average Bonchev–Trinajstić information content (AvgIpc) is 2.53. The van der Waals surface area contributed by atoms with Gasteiger partial charge in [-0.15, -0.1) is 0 Å². The van der Waals surface area contributed by atoms with Crippen molar-refractivity contribution in [1.29, 1.82) is 5.26 Å². The minimum Gasteiger partial charge on any atom is -0.278 e. The van der Waals surface area contributed by atoms with Crippen LogP contribution >= 0.6 is 0 Å². The van der Waals surface area contributed by atoms with Crippen LogP contribution < -0.4 is 0 Å². The maximum Gasteiger partial charge on any atom is 0.0669 e. The standard InChI is InChI=1S/C9H7N3/c10-5-4-7-2-1-3-9-8(7)6-11-12-9/h1-3,6H,4H2,(H,11,12). The molecular formula is C9H7N3. The third kappa shape index (κ3) is 0.940. The number of aromatic amines is 1. The Morgan fingerprint density at radius 2 is 2.42 bits per heavy atom. The van der Waals surface area contributed by atoms with E-state index in [-0.39, 0.29) is 0 Å². The number of nitrogens with zero attached hydrogens (tertiary/aromatic N) is 2. The van der Waals surface area contributed by atoms with Gasteiger partial charge in [0.25, 0.3) is 0 Å². The summed E-state index contributed by atoms with van der Waals surface area (Å²) in [6, 6.07) is 7.94. The van der Waals surface area contributed by atoms with Crippen molar-refractivity contribution in [1.82, 2.24) is 10.2 Å². The average molecular weight is 157 g/mol. The van der Waals surface area contributed by atoms with Gasteiger partial charge in [-0.3, -0.25) is 5.10 Å². The second-order valence-corrected chi connectivity index (χ2v) is 2.58. The van der Waals surface area contributed by atoms with Gasteiger partial charge in [0.15, 0.2) is 0 Å². The van der Waals surface area contributed by atoms with Crippen LogP contribution in [0.1, 0.15) is 5.56 Å². The molecule has 58 valence electrons. The van der Waals surface area contributed by atoms with Gasteiger partial charge in [0.2, 0.25) is 0 Å². The van der Waals surface area contributed by atoms with Crippen molar-refractivity contribution in [3.8, 4) is 6.07 Å². The summed E-state index contributed by atoms with van der Waals surface area (Å²) >= 11 is 0. The number of aromatic nitrogens is 2. The van der Waals surface area contributed by atoms with E-state index in [1.807, 2.05) is 18.2 Å². The molecule has 2 aromatic rings. The van der Waals surface area contributed by atoms with Gasteiger partial charge >= 0.3 is 0 Å². The van der Waals surface area contributed by atoms with Crippen molar-refractivity contribution in [2.24, 2.45) is 0 Å². The first-order valence-electron chi connectivity index (χ1n) is 3.70. The Bertz CT molecular complexity index is 436. The van der Waals surface area contributed by atoms with E-state index in [1.165, 1.54) is 0 Å². The Morgan fingerprint density at radius 3 is 3.25 bits per heavy atom. The van der Waals surface area contributed by atoms with Crippen molar-refractivity contribution in [2.75, 3.05) is 0 Å². The van der Waals surface area contributed by atoms with Crippen LogP contribution in [0.5, 0.6) is 0 Å². The first-order chi connectivity index (χ1) is 5.92. The van der Waals surface area contributed by atoms with Gasteiger partial charge in [0.05, 0.1) is 24.2 Å². The quantitative estimate of drug-likeness (QED) is 0.684. The van der Waals surface area contributed by atoms with Gasteiger partial charge < -0.3 is 0 Å². The third-order valence-corrected chi connectivity index (χ3v) is 1.84. The number of nitriles is 1. The molecule has 1 N–H and O–H groups in total. The minimum absolute atomic E-state index is 0.441. The fourth-order valence-corrected chi connectivity index (χ4v) is 1.27. The molecule has 0 radical (unpaired) electrons. The van der Waals surface area contributed by atoms with E-state index in [9.17, 15) is 0 Å². The summed E-state index contributed by atoms with van der Waals surface area (Å²) in [6.45, 7) is 0. The highest BCUT2D eigenvalue weighted by molar-refractivity contribution is 5.81. The fraction of sp³-hybridized carbons (Fsp3) is 0.111. The maximum atomic E-state index is 8.54. The van der Waals surface area contributed by atoms with Gasteiger partial charge in [0, 0.05) is 5.39 Å². The molecule has 1 heterocycles. The Morgan fingerprint density at radius 1 is 1.50 bits per heavy atom. The molecule has 2 rings (SSSR count). The summed E-state index contributed by atoms with van der Waals surface area (Å²) in [7, 11) is 0. The Hall–Kier alpha value is -1.82. The summed E-state index contributed by atoms with van der Waals surface area (Å²) in [5.74, 6) is 0. The van der Waals surface area contributed by atoms with Crippen LogP contribution in [0.3, 0.4) is 0 Å². The zero-order valence-electron chi connectivity index (χ0n) is 6.41. The maximum absolute atomic E-state index is 8.54. The zero-order chi connectivity index (χ0) is 8.39. The van der Waals surface area contributed by atoms with E-state index in [0.717, 1.165) is 16.5 Å². The van der Waals surface area contributed by atoms with Gasteiger partial charge in [0.1, 0.15) is 0 Å². The molecule has 0 spiro atoms. The zero-order valence-corrected chi connectivity index (χ0v) is 6.41. The lowest BCUT2D eigenvalue weighted by molar-refractivity contribution is 1.12. The minimum atomic E-state index is 0.441. The van der Waals surface area contributed by atoms with Crippen molar-refractivity contribution in [3.05, 3.63) is 30.0 Å². The molecule has 0 saturated heterocycles. The van der Waals surface area contributed by atoms with Gasteiger partial charge in [-0.1, -0.05) is 12.1 Å². The third-order valence-electron chi connectivity index (χ3n) is 1.84. The molecule has 0 unspecified atom stereocenters. The molecule has 0 aliphatic heterocycles. The Kier molecular flexibility index (Phi) is 1.52. The highest BCUT2D eigenvalue weighted by Crippen LogP contribution is 2.15. The van der Waals surface area contributed by atoms with Crippen LogP contribution in [0.4, 0.5) is 0 Å². The highest BCUT2D eigenvalue weighted by Gasteiger charge is 2.00. The van der Waals surface area contributed by atoms with Gasteiger partial charge in [-0.05, 0) is 11.6 Å². The molecule has 1 aromatic carbocycles. The summed E-state index contributed by atoms with van der Waals surface area (Å²) in [4.78, 5) is 0. The van der Waals surface area contributed by atoms with Gasteiger partial charge in [-0.2, -0.15) is 10.4 Å². The molecule has 3 nitrogen and oxygen atoms in total. The SMILES string of the molecule is N#CCc1cccc2[nH]ncc12. The van der Waals surface area contributed by atoms with Gasteiger partial charge in [-0.25, -0.2) is 0 Å². The number of fused-ring (bicyclic) bond motifs is 1. The lowest BCUT2D eigenvalue weighted by atomic mass is 10.1. The smallest absolute Gasteiger partial charge is 0.0669 e. The highest BCUT2D eigenvalue weighted by atomic mass is 15.1. The first-order valence-corrected chi connectivity index (χ1v) is 3.70. The summed E-state index contributed by atoms with van der Waals surface area (Å²) in [6.07, 6.45) is 2.19. The van der Waals surface area contributed by atoms with Crippen LogP contribution in [0.25, 0.3) is 10.9 Å². The monoisotopic (exact) mass is 157 g/mol.